The van der Waals surface area contributed by atoms with E-state index in [0.717, 1.165) is 12.8 Å². The Hall–Kier alpha value is -3.62. The normalized spacial score (nSPS) is 16.3. The smallest absolute Gasteiger partial charge is 0.232 e. The molecule has 5 rings (SSSR count). The molecule has 0 amide bonds. The molecule has 1 aliphatic carbocycles. The number of aliphatic imine (C=N–C) groups is 1. The van der Waals surface area contributed by atoms with Crippen LogP contribution in [0.25, 0.3) is 11.2 Å². The summed E-state index contributed by atoms with van der Waals surface area (Å²) < 4.78 is 1.60. The van der Waals surface area contributed by atoms with Crippen LogP contribution in [0.3, 0.4) is 0 Å². The topological polar surface area (TPSA) is 110 Å². The van der Waals surface area contributed by atoms with E-state index >= 15 is 0 Å². The lowest BCUT2D eigenvalue weighted by molar-refractivity contribution is 0.715. The lowest BCUT2D eigenvalue weighted by Gasteiger charge is -2.05. The molecular formula is C18H17N9. The molecule has 3 aromatic heterocycles. The molecule has 0 radical (unpaired) electrons. The van der Waals surface area contributed by atoms with Crippen molar-refractivity contribution in [3.05, 3.63) is 47.9 Å². The maximum Gasteiger partial charge on any atom is 0.232 e. The molecule has 0 saturated carbocycles. The Balaban J connectivity index is 1.48. The maximum absolute atomic E-state index is 4.66. The van der Waals surface area contributed by atoms with Crippen molar-refractivity contribution in [1.29, 1.82) is 0 Å². The molecular weight excluding hydrogens is 342 g/mol. The number of H-pyrrole nitrogens is 1. The van der Waals surface area contributed by atoms with Gasteiger partial charge in [0.05, 0.1) is 12.5 Å². The first-order chi connectivity index (χ1) is 13.3. The van der Waals surface area contributed by atoms with Gasteiger partial charge in [0.2, 0.25) is 5.95 Å². The van der Waals surface area contributed by atoms with E-state index in [1.54, 1.807) is 24.3 Å². The summed E-state index contributed by atoms with van der Waals surface area (Å²) in [6.07, 6.45) is 7.44. The second-order valence-corrected chi connectivity index (χ2v) is 6.50. The van der Waals surface area contributed by atoms with Crippen molar-refractivity contribution in [2.45, 2.75) is 18.8 Å². The van der Waals surface area contributed by atoms with E-state index in [9.17, 15) is 0 Å². The molecule has 1 atom stereocenters. The first-order valence-electron chi connectivity index (χ1n) is 8.73. The van der Waals surface area contributed by atoms with Crippen molar-refractivity contribution < 1.29 is 0 Å². The van der Waals surface area contributed by atoms with Crippen molar-refractivity contribution in [2.75, 3.05) is 5.32 Å². The highest BCUT2D eigenvalue weighted by Gasteiger charge is 2.20. The van der Waals surface area contributed by atoms with Crippen LogP contribution in [0.4, 0.5) is 17.6 Å². The van der Waals surface area contributed by atoms with Crippen molar-refractivity contribution in [2.24, 2.45) is 12.0 Å². The molecule has 0 spiro atoms. The molecule has 1 aromatic carbocycles. The fourth-order valence-electron chi connectivity index (χ4n) is 3.39. The van der Waals surface area contributed by atoms with E-state index in [0.29, 0.717) is 34.7 Å². The lowest BCUT2D eigenvalue weighted by Crippen LogP contribution is -1.99. The Morgan fingerprint density at radius 3 is 3.11 bits per heavy atom. The molecule has 0 bridgehead atoms. The van der Waals surface area contributed by atoms with Crippen LogP contribution in [0.15, 0.2) is 41.8 Å². The fourth-order valence-corrected chi connectivity index (χ4v) is 3.39. The van der Waals surface area contributed by atoms with Crippen LogP contribution in [-0.2, 0) is 13.5 Å². The number of anilines is 2. The van der Waals surface area contributed by atoms with E-state index in [1.807, 2.05) is 6.21 Å². The molecule has 1 unspecified atom stereocenters. The average Bonchev–Trinajstić information content (AvgIpc) is 3.40. The summed E-state index contributed by atoms with van der Waals surface area (Å²) in [6.45, 7) is 0. The largest absolute Gasteiger partial charge is 0.329 e. The molecule has 134 valence electrons. The second-order valence-electron chi connectivity index (χ2n) is 6.50. The minimum absolute atomic E-state index is 0.293. The summed E-state index contributed by atoms with van der Waals surface area (Å²) in [5, 5.41) is 10.9. The predicted molar refractivity (Wildman–Crippen MR) is 102 cm³/mol. The van der Waals surface area contributed by atoms with Gasteiger partial charge in [0.1, 0.15) is 0 Å². The van der Waals surface area contributed by atoms with Gasteiger partial charge in [-0.25, -0.2) is 9.98 Å². The van der Waals surface area contributed by atoms with Gasteiger partial charge in [-0.15, -0.1) is 5.10 Å². The quantitative estimate of drug-likeness (QED) is 0.542. The number of aromatic amines is 1. The molecule has 0 aliphatic heterocycles. The van der Waals surface area contributed by atoms with Gasteiger partial charge in [0.15, 0.2) is 22.8 Å². The van der Waals surface area contributed by atoms with Crippen LogP contribution in [0.5, 0.6) is 0 Å². The number of nitrogens with one attached hydrogen (secondary N) is 2. The van der Waals surface area contributed by atoms with Gasteiger partial charge in [-0.1, -0.05) is 29.5 Å². The summed E-state index contributed by atoms with van der Waals surface area (Å²) in [5.74, 6) is 1.78. The van der Waals surface area contributed by atoms with Crippen molar-refractivity contribution in [3.8, 4) is 0 Å². The maximum atomic E-state index is 4.66. The number of fused-ring (bicyclic) bond motifs is 2. The van der Waals surface area contributed by atoms with Crippen LogP contribution >= 0.6 is 0 Å². The minimum Gasteiger partial charge on any atom is -0.329 e. The molecule has 3 heterocycles. The Bertz CT molecular complexity index is 1140. The van der Waals surface area contributed by atoms with Crippen LogP contribution in [0.2, 0.25) is 0 Å². The molecule has 9 nitrogen and oxygen atoms in total. The zero-order chi connectivity index (χ0) is 18.2. The van der Waals surface area contributed by atoms with Crippen molar-refractivity contribution >= 4 is 35.0 Å². The minimum atomic E-state index is 0.293. The van der Waals surface area contributed by atoms with Gasteiger partial charge in [-0.05, 0) is 24.0 Å². The van der Waals surface area contributed by atoms with Gasteiger partial charge in [-0.3, -0.25) is 4.68 Å². The molecule has 2 N–H and O–H groups in total. The summed E-state index contributed by atoms with van der Waals surface area (Å²) in [6, 6.07) is 8.51. The van der Waals surface area contributed by atoms with Crippen LogP contribution in [0.1, 0.15) is 23.5 Å². The Morgan fingerprint density at radius 2 is 2.22 bits per heavy atom. The number of aryl methyl sites for hydroxylation is 2. The summed E-state index contributed by atoms with van der Waals surface area (Å²) in [7, 11) is 1.80. The van der Waals surface area contributed by atoms with Crippen molar-refractivity contribution in [3.63, 3.8) is 0 Å². The summed E-state index contributed by atoms with van der Waals surface area (Å²) in [5.41, 5.74) is 4.00. The predicted octanol–water partition coefficient (Wildman–Crippen LogP) is 2.66. The highest BCUT2D eigenvalue weighted by Crippen LogP contribution is 2.32. The van der Waals surface area contributed by atoms with Crippen molar-refractivity contribution in [1.82, 2.24) is 34.9 Å². The molecule has 0 fully saturated rings. The third-order valence-corrected chi connectivity index (χ3v) is 4.66. The number of rotatable bonds is 4. The molecule has 27 heavy (non-hydrogen) atoms. The molecule has 4 aromatic rings. The van der Waals surface area contributed by atoms with Gasteiger partial charge >= 0.3 is 0 Å². The highest BCUT2D eigenvalue weighted by molar-refractivity contribution is 5.85. The fraction of sp³-hybridized carbons (Fsp3) is 0.222. The molecule has 1 aliphatic rings. The number of nitrogens with zero attached hydrogens (tertiary/aromatic N) is 7. The van der Waals surface area contributed by atoms with Crippen LogP contribution in [0, 0.1) is 0 Å². The monoisotopic (exact) mass is 359 g/mol. The van der Waals surface area contributed by atoms with Gasteiger partial charge < -0.3 is 10.3 Å². The summed E-state index contributed by atoms with van der Waals surface area (Å²) in [4.78, 5) is 20.9. The number of benzene rings is 1. The zero-order valence-corrected chi connectivity index (χ0v) is 14.7. The second kappa shape index (κ2) is 6.27. The third kappa shape index (κ3) is 2.92. The third-order valence-electron chi connectivity index (χ3n) is 4.66. The number of aromatic nitrogens is 7. The molecule has 0 saturated heterocycles. The Kier molecular flexibility index (Phi) is 3.63. The Morgan fingerprint density at radius 1 is 1.30 bits per heavy atom. The van der Waals surface area contributed by atoms with Gasteiger partial charge in [-0.2, -0.15) is 9.97 Å². The zero-order valence-electron chi connectivity index (χ0n) is 14.7. The SMILES string of the molecule is Cn1cc(Nc2nc(/N=C/C3CCc4ccccc43)c3nc[nH]c3n2)nn1. The number of hydrogen-bond donors (Lipinski definition) is 2. The van der Waals surface area contributed by atoms with E-state index in [4.69, 9.17) is 0 Å². The number of hydrogen-bond acceptors (Lipinski definition) is 7. The van der Waals surface area contributed by atoms with Crippen LogP contribution in [-0.4, -0.2) is 41.1 Å². The van der Waals surface area contributed by atoms with E-state index in [-0.39, 0.29) is 0 Å². The van der Waals surface area contributed by atoms with Gasteiger partial charge in [0.25, 0.3) is 0 Å². The van der Waals surface area contributed by atoms with Gasteiger partial charge in [0, 0.05) is 19.2 Å². The lowest BCUT2D eigenvalue weighted by atomic mass is 10.0. The standard InChI is InChI=1S/C18H17N9/c1-27-9-14(25-26-27)22-18-23-16(15-17(24-18)21-10-20-15)19-8-12-7-6-11-4-2-3-5-13(11)12/h2-5,8-10,12H,6-7H2,1H3,(H2,20,21,22,23,24)/b19-8+. The van der Waals surface area contributed by atoms with Crippen LogP contribution < -0.4 is 5.32 Å². The first kappa shape index (κ1) is 15.6. The summed E-state index contributed by atoms with van der Waals surface area (Å²) >= 11 is 0. The van der Waals surface area contributed by atoms with E-state index in [1.165, 1.54) is 11.1 Å². The Labute approximate surface area is 154 Å². The average molecular weight is 359 g/mol. The van der Waals surface area contributed by atoms with E-state index < -0.39 is 0 Å². The van der Waals surface area contributed by atoms with E-state index in [2.05, 4.69) is 64.8 Å². The highest BCUT2D eigenvalue weighted by atomic mass is 15.4. The number of imidazole rings is 1. The first-order valence-corrected chi connectivity index (χ1v) is 8.73. The molecule has 9 heteroatoms.